The van der Waals surface area contributed by atoms with Crippen LogP contribution in [0.1, 0.15) is 30.6 Å². The largest absolute Gasteiger partial charge is 0.508 e. The molecule has 5 nitrogen and oxygen atoms in total. The first-order chi connectivity index (χ1) is 11.0. The lowest BCUT2D eigenvalue weighted by Gasteiger charge is -2.05. The zero-order valence-corrected chi connectivity index (χ0v) is 14.3. The van der Waals surface area contributed by atoms with Gasteiger partial charge in [-0.1, -0.05) is 20.3 Å². The number of amides is 1. The minimum atomic E-state index is -0.212. The van der Waals surface area contributed by atoms with Gasteiger partial charge in [0.05, 0.1) is 0 Å². The van der Waals surface area contributed by atoms with Crippen molar-refractivity contribution in [1.82, 2.24) is 5.32 Å². The predicted molar refractivity (Wildman–Crippen MR) is 97.9 cm³/mol. The number of nitrogen functional groups attached to an aromatic ring is 1. The van der Waals surface area contributed by atoms with Crippen LogP contribution in [0.5, 0.6) is 5.75 Å². The van der Waals surface area contributed by atoms with E-state index in [1.165, 1.54) is 18.6 Å². The van der Waals surface area contributed by atoms with E-state index in [0.717, 1.165) is 0 Å². The minimum Gasteiger partial charge on any atom is -0.508 e. The number of carbonyl (C=O) groups excluding carboxylic acids is 1. The lowest BCUT2D eigenvalue weighted by Crippen LogP contribution is -2.11. The average Bonchev–Trinajstić information content (AvgIpc) is 2.52. The van der Waals surface area contributed by atoms with Gasteiger partial charge in [-0.05, 0) is 62.6 Å². The molecule has 0 bridgehead atoms. The van der Waals surface area contributed by atoms with Crippen molar-refractivity contribution in [3.63, 3.8) is 0 Å². The van der Waals surface area contributed by atoms with Crippen LogP contribution >= 0.6 is 0 Å². The van der Waals surface area contributed by atoms with E-state index in [4.69, 9.17) is 10.8 Å². The molecule has 0 atom stereocenters. The highest BCUT2D eigenvalue weighted by atomic mass is 16.3. The standard InChI is InChI=1S/C13H12N2O2.C3H8.C2H7N/c14-10-3-1-9(2-4-10)13(17)15-11-5-7-12(16)8-6-11;2*1-3-2/h1-8,16H,14H2,(H,15,17);3H2,1-2H3;3H,1-2H3. The van der Waals surface area contributed by atoms with E-state index < -0.39 is 0 Å². The van der Waals surface area contributed by atoms with Gasteiger partial charge in [-0.3, -0.25) is 4.79 Å². The number of phenolic OH excluding ortho intramolecular Hbond substituents is 1. The third kappa shape index (κ3) is 9.16. The lowest BCUT2D eigenvalue weighted by atomic mass is 10.2. The first kappa shape index (κ1) is 20.5. The van der Waals surface area contributed by atoms with Crippen molar-refractivity contribution in [2.24, 2.45) is 0 Å². The topological polar surface area (TPSA) is 87.4 Å². The van der Waals surface area contributed by atoms with Gasteiger partial charge in [0.25, 0.3) is 5.91 Å². The van der Waals surface area contributed by atoms with Crippen LogP contribution in [0, 0.1) is 0 Å². The predicted octanol–water partition coefficient (Wildman–Crippen LogP) is 3.48. The van der Waals surface area contributed by atoms with E-state index in [-0.39, 0.29) is 11.7 Å². The van der Waals surface area contributed by atoms with Crippen molar-refractivity contribution in [2.45, 2.75) is 20.3 Å². The summed E-state index contributed by atoms with van der Waals surface area (Å²) < 4.78 is 0. The Morgan fingerprint density at radius 2 is 1.43 bits per heavy atom. The molecule has 0 aliphatic rings. The summed E-state index contributed by atoms with van der Waals surface area (Å²) in [5, 5.41) is 14.6. The second kappa shape index (κ2) is 12.1. The van der Waals surface area contributed by atoms with Crippen LogP contribution in [-0.4, -0.2) is 25.1 Å². The highest BCUT2D eigenvalue weighted by Gasteiger charge is 2.05. The van der Waals surface area contributed by atoms with E-state index in [9.17, 15) is 4.79 Å². The number of benzene rings is 2. The van der Waals surface area contributed by atoms with Crippen LogP contribution in [0.25, 0.3) is 0 Å². The Morgan fingerprint density at radius 1 is 1.00 bits per heavy atom. The summed E-state index contributed by atoms with van der Waals surface area (Å²) in [6.45, 7) is 4.25. The average molecular weight is 317 g/mol. The lowest BCUT2D eigenvalue weighted by molar-refractivity contribution is 0.102. The Kier molecular flexibility index (Phi) is 10.7. The minimum absolute atomic E-state index is 0.162. The first-order valence-corrected chi connectivity index (χ1v) is 7.52. The Balaban J connectivity index is 0.000000704. The summed E-state index contributed by atoms with van der Waals surface area (Å²) in [6.07, 6.45) is 1.25. The zero-order chi connectivity index (χ0) is 17.7. The molecule has 5 N–H and O–H groups in total. The van der Waals surface area contributed by atoms with Gasteiger partial charge in [0, 0.05) is 16.9 Å². The van der Waals surface area contributed by atoms with E-state index in [1.54, 1.807) is 36.4 Å². The van der Waals surface area contributed by atoms with Crippen LogP contribution in [0.2, 0.25) is 0 Å². The van der Waals surface area contributed by atoms with E-state index in [2.05, 4.69) is 24.5 Å². The van der Waals surface area contributed by atoms with Crippen molar-refractivity contribution in [1.29, 1.82) is 0 Å². The fourth-order valence-corrected chi connectivity index (χ4v) is 1.38. The van der Waals surface area contributed by atoms with Crippen LogP contribution in [-0.2, 0) is 0 Å². The Labute approximate surface area is 138 Å². The fourth-order valence-electron chi connectivity index (χ4n) is 1.38. The van der Waals surface area contributed by atoms with Crippen LogP contribution < -0.4 is 16.4 Å². The summed E-state index contributed by atoms with van der Waals surface area (Å²) in [5.41, 5.74) is 7.32. The SMILES string of the molecule is CCC.CNC.Nc1ccc(C(=O)Nc2ccc(O)cc2)cc1. The number of nitrogens with two attached hydrogens (primary N) is 1. The van der Waals surface area contributed by atoms with Crippen molar-refractivity contribution in [3.05, 3.63) is 54.1 Å². The maximum Gasteiger partial charge on any atom is 0.255 e. The van der Waals surface area contributed by atoms with Gasteiger partial charge in [0.2, 0.25) is 0 Å². The molecule has 1 amide bonds. The van der Waals surface area contributed by atoms with Crippen LogP contribution in [0.3, 0.4) is 0 Å². The summed E-state index contributed by atoms with van der Waals surface area (Å²) >= 11 is 0. The number of hydrogen-bond acceptors (Lipinski definition) is 4. The zero-order valence-electron chi connectivity index (χ0n) is 14.3. The number of anilines is 2. The molecule has 2 aromatic rings. The molecule has 2 rings (SSSR count). The summed E-state index contributed by atoms with van der Waals surface area (Å²) in [4.78, 5) is 11.8. The molecule has 0 aromatic heterocycles. The van der Waals surface area contributed by atoms with Crippen LogP contribution in [0.15, 0.2) is 48.5 Å². The molecule has 0 fully saturated rings. The first-order valence-electron chi connectivity index (χ1n) is 7.52. The Hall–Kier alpha value is -2.53. The van der Waals surface area contributed by atoms with E-state index >= 15 is 0 Å². The monoisotopic (exact) mass is 317 g/mol. The molecule has 0 unspecified atom stereocenters. The number of rotatable bonds is 2. The molecule has 126 valence electrons. The molecular weight excluding hydrogens is 290 g/mol. The van der Waals surface area contributed by atoms with E-state index in [1.807, 2.05) is 14.1 Å². The van der Waals surface area contributed by atoms with Crippen LogP contribution in [0.4, 0.5) is 11.4 Å². The quantitative estimate of drug-likeness (QED) is 0.504. The van der Waals surface area contributed by atoms with Crippen molar-refractivity contribution in [2.75, 3.05) is 25.1 Å². The van der Waals surface area contributed by atoms with Gasteiger partial charge in [-0.2, -0.15) is 0 Å². The molecule has 0 heterocycles. The summed E-state index contributed by atoms with van der Waals surface area (Å²) in [7, 11) is 3.75. The molecule has 0 aliphatic carbocycles. The maximum atomic E-state index is 11.8. The second-order valence-corrected chi connectivity index (χ2v) is 4.83. The Morgan fingerprint density at radius 3 is 1.87 bits per heavy atom. The normalized spacial score (nSPS) is 8.87. The fraction of sp³-hybridized carbons (Fsp3) is 0.278. The molecular formula is C18H27N3O2. The van der Waals surface area contributed by atoms with Gasteiger partial charge in [0.1, 0.15) is 5.75 Å². The molecule has 0 saturated heterocycles. The van der Waals surface area contributed by atoms with Gasteiger partial charge in [-0.15, -0.1) is 0 Å². The highest BCUT2D eigenvalue weighted by Crippen LogP contribution is 2.15. The smallest absolute Gasteiger partial charge is 0.255 e. The molecule has 0 radical (unpaired) electrons. The third-order valence-electron chi connectivity index (χ3n) is 2.30. The molecule has 2 aromatic carbocycles. The van der Waals surface area contributed by atoms with E-state index in [0.29, 0.717) is 16.9 Å². The summed E-state index contributed by atoms with van der Waals surface area (Å²) in [6, 6.07) is 12.9. The number of aromatic hydroxyl groups is 1. The molecule has 0 aliphatic heterocycles. The number of phenols is 1. The van der Waals surface area contributed by atoms with Gasteiger partial charge >= 0.3 is 0 Å². The second-order valence-electron chi connectivity index (χ2n) is 4.83. The van der Waals surface area contributed by atoms with Crippen molar-refractivity contribution >= 4 is 17.3 Å². The molecule has 0 saturated carbocycles. The maximum absolute atomic E-state index is 11.8. The molecule has 0 spiro atoms. The molecule has 5 heteroatoms. The third-order valence-corrected chi connectivity index (χ3v) is 2.30. The summed E-state index contributed by atoms with van der Waals surface area (Å²) in [5.74, 6) is -0.0498. The number of nitrogens with one attached hydrogen (secondary N) is 2. The van der Waals surface area contributed by atoms with Gasteiger partial charge in [0.15, 0.2) is 0 Å². The molecule has 23 heavy (non-hydrogen) atoms. The Bertz CT molecular complexity index is 549. The van der Waals surface area contributed by atoms with Crippen molar-refractivity contribution < 1.29 is 9.90 Å². The van der Waals surface area contributed by atoms with Crippen molar-refractivity contribution in [3.8, 4) is 5.75 Å². The van der Waals surface area contributed by atoms with Gasteiger partial charge in [-0.25, -0.2) is 0 Å². The number of hydrogen-bond donors (Lipinski definition) is 4. The number of carbonyl (C=O) groups is 1. The highest BCUT2D eigenvalue weighted by molar-refractivity contribution is 6.04. The van der Waals surface area contributed by atoms with Gasteiger partial charge < -0.3 is 21.5 Å².